The lowest BCUT2D eigenvalue weighted by molar-refractivity contribution is 0.0929. The van der Waals surface area contributed by atoms with Crippen molar-refractivity contribution in [2.45, 2.75) is 31.4 Å². The van der Waals surface area contributed by atoms with E-state index in [1.165, 1.54) is 0 Å². The van der Waals surface area contributed by atoms with Crippen molar-refractivity contribution in [3.63, 3.8) is 0 Å². The highest BCUT2D eigenvalue weighted by atomic mass is 16.3. The number of hydrogen-bond donors (Lipinski definition) is 3. The van der Waals surface area contributed by atoms with Crippen molar-refractivity contribution in [3.8, 4) is 0 Å². The molecule has 2 saturated heterocycles. The van der Waals surface area contributed by atoms with E-state index < -0.39 is 0 Å². The lowest BCUT2D eigenvalue weighted by Crippen LogP contribution is -2.42. The maximum atomic E-state index is 12.5. The third-order valence-electron chi connectivity index (χ3n) is 5.24. The van der Waals surface area contributed by atoms with Crippen molar-refractivity contribution in [2.75, 3.05) is 31.1 Å². The van der Waals surface area contributed by atoms with E-state index >= 15 is 0 Å². The van der Waals surface area contributed by atoms with Crippen molar-refractivity contribution >= 4 is 22.9 Å². The van der Waals surface area contributed by atoms with Gasteiger partial charge in [-0.25, -0.2) is 4.98 Å². The maximum absolute atomic E-state index is 12.5. The zero-order valence-corrected chi connectivity index (χ0v) is 14.5. The molecule has 7 nitrogen and oxygen atoms in total. The van der Waals surface area contributed by atoms with Crippen LogP contribution in [-0.4, -0.2) is 58.9 Å². The van der Waals surface area contributed by atoms with Crippen LogP contribution in [0.5, 0.6) is 0 Å². The average Bonchev–Trinajstić information content (AvgIpc) is 3.19. The first kappa shape index (κ1) is 16.4. The van der Waals surface area contributed by atoms with Crippen LogP contribution < -0.4 is 15.5 Å². The molecule has 0 bridgehead atoms. The number of aryl methyl sites for hydroxylation is 1. The van der Waals surface area contributed by atoms with E-state index in [2.05, 4.69) is 15.5 Å². The Morgan fingerprint density at radius 1 is 1.32 bits per heavy atom. The molecular weight excluding hydrogens is 318 g/mol. The molecule has 2 aliphatic rings. The Bertz CT molecular complexity index is 781. The molecule has 1 unspecified atom stereocenters. The first-order valence-electron chi connectivity index (χ1n) is 9.03. The van der Waals surface area contributed by atoms with Gasteiger partial charge in [-0.2, -0.15) is 0 Å². The van der Waals surface area contributed by atoms with E-state index in [4.69, 9.17) is 4.98 Å². The number of rotatable bonds is 3. The second-order valence-corrected chi connectivity index (χ2v) is 7.06. The molecule has 1 amide bonds. The molecular formula is C18H25N5O2. The quantitative estimate of drug-likeness (QED) is 0.761. The first-order valence-corrected chi connectivity index (χ1v) is 9.03. The van der Waals surface area contributed by atoms with Crippen LogP contribution in [0, 0.1) is 0 Å². The van der Waals surface area contributed by atoms with Gasteiger partial charge in [0.05, 0.1) is 17.1 Å². The van der Waals surface area contributed by atoms with Crippen LogP contribution in [0.4, 0.5) is 5.95 Å². The Labute approximate surface area is 147 Å². The van der Waals surface area contributed by atoms with Crippen LogP contribution >= 0.6 is 0 Å². The Morgan fingerprint density at radius 2 is 2.12 bits per heavy atom. The number of piperidine rings is 1. The van der Waals surface area contributed by atoms with E-state index in [0.29, 0.717) is 12.1 Å². The van der Waals surface area contributed by atoms with Crippen LogP contribution in [0.15, 0.2) is 18.2 Å². The first-order chi connectivity index (χ1) is 12.1. The summed E-state index contributed by atoms with van der Waals surface area (Å²) in [6, 6.07) is 5.93. The number of carbonyl (C=O) groups excluding carboxylic acids is 1. The molecule has 3 N–H and O–H groups in total. The molecule has 0 aliphatic carbocycles. The highest BCUT2D eigenvalue weighted by Crippen LogP contribution is 2.25. The SMILES string of the molecule is Cn1c(N2CCC(O)C2)nc2cc(C(=O)NC3CCNCC3)ccc21. The number of aliphatic hydroxyl groups excluding tert-OH is 1. The number of imidazole rings is 1. The predicted molar refractivity (Wildman–Crippen MR) is 96.9 cm³/mol. The summed E-state index contributed by atoms with van der Waals surface area (Å²) in [7, 11) is 1.98. The summed E-state index contributed by atoms with van der Waals surface area (Å²) in [5.74, 6) is 0.820. The van der Waals surface area contributed by atoms with Crippen molar-refractivity contribution in [2.24, 2.45) is 7.05 Å². The van der Waals surface area contributed by atoms with E-state index in [9.17, 15) is 9.90 Å². The predicted octanol–water partition coefficient (Wildman–Crippen LogP) is 0.626. The third kappa shape index (κ3) is 3.21. The monoisotopic (exact) mass is 343 g/mol. The number of anilines is 1. The zero-order chi connectivity index (χ0) is 17.4. The molecule has 4 rings (SSSR count). The van der Waals surface area contributed by atoms with E-state index in [-0.39, 0.29) is 18.1 Å². The Hall–Kier alpha value is -2.12. The van der Waals surface area contributed by atoms with Crippen LogP contribution in [0.25, 0.3) is 11.0 Å². The van der Waals surface area contributed by atoms with Crippen LogP contribution in [0.2, 0.25) is 0 Å². The fraction of sp³-hybridized carbons (Fsp3) is 0.556. The van der Waals surface area contributed by atoms with Gasteiger partial charge in [-0.15, -0.1) is 0 Å². The van der Waals surface area contributed by atoms with Gasteiger partial charge in [-0.3, -0.25) is 4.79 Å². The molecule has 2 aliphatic heterocycles. The standard InChI is InChI=1S/C18H25N5O2/c1-22-16-3-2-12(17(25)20-13-4-7-19-8-5-13)10-15(16)21-18(22)23-9-6-14(24)11-23/h2-3,10,13-14,19,24H,4-9,11H2,1H3,(H,20,25). The van der Waals surface area contributed by atoms with Gasteiger partial charge < -0.3 is 25.2 Å². The van der Waals surface area contributed by atoms with Crippen molar-refractivity contribution in [3.05, 3.63) is 23.8 Å². The fourth-order valence-corrected chi connectivity index (χ4v) is 3.77. The molecule has 3 heterocycles. The van der Waals surface area contributed by atoms with Gasteiger partial charge in [-0.1, -0.05) is 0 Å². The second-order valence-electron chi connectivity index (χ2n) is 7.06. The molecule has 2 aromatic rings. The zero-order valence-electron chi connectivity index (χ0n) is 14.5. The fourth-order valence-electron chi connectivity index (χ4n) is 3.77. The molecule has 0 radical (unpaired) electrons. The minimum absolute atomic E-state index is 0.0300. The summed E-state index contributed by atoms with van der Waals surface area (Å²) in [5, 5.41) is 16.2. The number of benzene rings is 1. The Balaban J connectivity index is 1.56. The highest BCUT2D eigenvalue weighted by molar-refractivity contribution is 5.97. The summed E-state index contributed by atoms with van der Waals surface area (Å²) in [6.07, 6.45) is 2.43. The topological polar surface area (TPSA) is 82.4 Å². The number of aromatic nitrogens is 2. The molecule has 2 fully saturated rings. The number of aliphatic hydroxyl groups is 1. The number of nitrogens with zero attached hydrogens (tertiary/aromatic N) is 3. The molecule has 1 aromatic heterocycles. The second kappa shape index (κ2) is 6.65. The van der Waals surface area contributed by atoms with Gasteiger partial charge in [0, 0.05) is 31.7 Å². The molecule has 1 aromatic carbocycles. The normalized spacial score (nSPS) is 21.8. The number of β-amino-alcohol motifs (C(OH)–C–C–N with tert-alkyl or cyclic N) is 1. The number of fused-ring (bicyclic) bond motifs is 1. The van der Waals surface area contributed by atoms with Crippen molar-refractivity contribution < 1.29 is 9.90 Å². The van der Waals surface area contributed by atoms with Crippen molar-refractivity contribution in [1.82, 2.24) is 20.2 Å². The summed E-state index contributed by atoms with van der Waals surface area (Å²) < 4.78 is 2.03. The lowest BCUT2D eigenvalue weighted by atomic mass is 10.1. The van der Waals surface area contributed by atoms with E-state index in [1.807, 2.05) is 29.8 Å². The summed E-state index contributed by atoms with van der Waals surface area (Å²) in [6.45, 7) is 3.33. The maximum Gasteiger partial charge on any atom is 0.251 e. The highest BCUT2D eigenvalue weighted by Gasteiger charge is 2.24. The number of amides is 1. The Kier molecular flexibility index (Phi) is 4.35. The lowest BCUT2D eigenvalue weighted by Gasteiger charge is -2.23. The molecule has 25 heavy (non-hydrogen) atoms. The smallest absolute Gasteiger partial charge is 0.251 e. The summed E-state index contributed by atoms with van der Waals surface area (Å²) in [4.78, 5) is 19.3. The van der Waals surface area contributed by atoms with Crippen LogP contribution in [-0.2, 0) is 7.05 Å². The molecule has 0 saturated carbocycles. The van der Waals surface area contributed by atoms with Gasteiger partial charge >= 0.3 is 0 Å². The van der Waals surface area contributed by atoms with Crippen LogP contribution in [0.3, 0.4) is 0 Å². The number of hydrogen-bond acceptors (Lipinski definition) is 5. The van der Waals surface area contributed by atoms with E-state index in [0.717, 1.165) is 55.9 Å². The van der Waals surface area contributed by atoms with Gasteiger partial charge in [0.1, 0.15) is 0 Å². The number of carbonyl (C=O) groups is 1. The largest absolute Gasteiger partial charge is 0.391 e. The molecule has 7 heteroatoms. The van der Waals surface area contributed by atoms with Gasteiger partial charge in [0.15, 0.2) is 0 Å². The molecule has 134 valence electrons. The molecule has 0 spiro atoms. The summed E-state index contributed by atoms with van der Waals surface area (Å²) in [5.41, 5.74) is 2.46. The van der Waals surface area contributed by atoms with Crippen molar-refractivity contribution in [1.29, 1.82) is 0 Å². The molecule has 1 atom stereocenters. The minimum Gasteiger partial charge on any atom is -0.391 e. The third-order valence-corrected chi connectivity index (χ3v) is 5.24. The Morgan fingerprint density at radius 3 is 2.84 bits per heavy atom. The van der Waals surface area contributed by atoms with Crippen LogP contribution in [0.1, 0.15) is 29.6 Å². The minimum atomic E-state index is -0.286. The average molecular weight is 343 g/mol. The van der Waals surface area contributed by atoms with Gasteiger partial charge in [-0.05, 0) is 50.6 Å². The van der Waals surface area contributed by atoms with E-state index in [1.54, 1.807) is 0 Å². The summed E-state index contributed by atoms with van der Waals surface area (Å²) >= 11 is 0. The van der Waals surface area contributed by atoms with Gasteiger partial charge in [0.25, 0.3) is 5.91 Å². The number of nitrogens with one attached hydrogen (secondary N) is 2. The van der Waals surface area contributed by atoms with Gasteiger partial charge in [0.2, 0.25) is 5.95 Å².